The summed E-state index contributed by atoms with van der Waals surface area (Å²) >= 11 is 12.0. The first-order chi connectivity index (χ1) is 8.13. The van der Waals surface area contributed by atoms with Crippen LogP contribution in [0.25, 0.3) is 11.1 Å². The summed E-state index contributed by atoms with van der Waals surface area (Å²) in [4.78, 5) is 0. The minimum absolute atomic E-state index is 0.231. The van der Waals surface area contributed by atoms with Gasteiger partial charge in [0.05, 0.1) is 21.7 Å². The smallest absolute Gasteiger partial charge is 0.124 e. The number of hydrogen-bond donors (Lipinski definition) is 0. The molecule has 84 valence electrons. The van der Waals surface area contributed by atoms with Gasteiger partial charge in [-0.2, -0.15) is 5.26 Å². The van der Waals surface area contributed by atoms with E-state index < -0.39 is 5.82 Å². The van der Waals surface area contributed by atoms with Crippen LogP contribution in [0.1, 0.15) is 5.56 Å². The summed E-state index contributed by atoms with van der Waals surface area (Å²) in [6.07, 6.45) is 0. The van der Waals surface area contributed by atoms with Gasteiger partial charge in [0.25, 0.3) is 0 Å². The van der Waals surface area contributed by atoms with E-state index in [2.05, 4.69) is 0 Å². The van der Waals surface area contributed by atoms with Crippen molar-refractivity contribution in [2.24, 2.45) is 0 Å². The molecule has 2 aromatic rings. The van der Waals surface area contributed by atoms with Gasteiger partial charge in [-0.15, -0.1) is 0 Å². The van der Waals surface area contributed by atoms with Crippen molar-refractivity contribution < 1.29 is 4.39 Å². The predicted octanol–water partition coefficient (Wildman–Crippen LogP) is 4.67. The normalized spacial score (nSPS) is 10.0. The van der Waals surface area contributed by atoms with Crippen LogP contribution in [0.5, 0.6) is 0 Å². The molecular formula is C13H6Cl2FN. The van der Waals surface area contributed by atoms with Gasteiger partial charge in [-0.3, -0.25) is 0 Å². The number of nitriles is 1. The Morgan fingerprint density at radius 1 is 1.06 bits per heavy atom. The quantitative estimate of drug-likeness (QED) is 0.735. The lowest BCUT2D eigenvalue weighted by Crippen LogP contribution is -1.87. The van der Waals surface area contributed by atoms with Gasteiger partial charge >= 0.3 is 0 Å². The highest BCUT2D eigenvalue weighted by atomic mass is 35.5. The Morgan fingerprint density at radius 2 is 1.82 bits per heavy atom. The molecule has 0 aliphatic heterocycles. The van der Waals surface area contributed by atoms with Gasteiger partial charge in [0.15, 0.2) is 0 Å². The molecule has 2 rings (SSSR count). The summed E-state index contributed by atoms with van der Waals surface area (Å²) in [6, 6.07) is 11.0. The average Bonchev–Trinajstić information content (AvgIpc) is 2.33. The molecule has 0 aliphatic carbocycles. The second-order valence-electron chi connectivity index (χ2n) is 3.40. The summed E-state index contributed by atoms with van der Waals surface area (Å²) in [5.41, 5.74) is 1.42. The molecule has 0 spiro atoms. The second kappa shape index (κ2) is 4.75. The van der Waals surface area contributed by atoms with Crippen molar-refractivity contribution in [1.82, 2.24) is 0 Å². The minimum Gasteiger partial charge on any atom is -0.207 e. The van der Waals surface area contributed by atoms with Crippen LogP contribution in [0.2, 0.25) is 10.0 Å². The molecule has 0 saturated carbocycles. The van der Waals surface area contributed by atoms with Crippen LogP contribution in [0, 0.1) is 17.1 Å². The third kappa shape index (κ3) is 2.26. The molecule has 1 nitrogen and oxygen atoms in total. The first-order valence-corrected chi connectivity index (χ1v) is 5.53. The summed E-state index contributed by atoms with van der Waals surface area (Å²) in [5.74, 6) is -0.455. The number of hydrogen-bond acceptors (Lipinski definition) is 1. The Hall–Kier alpha value is -1.56. The third-order valence-electron chi connectivity index (χ3n) is 2.34. The molecule has 0 bridgehead atoms. The summed E-state index contributed by atoms with van der Waals surface area (Å²) in [7, 11) is 0. The maximum atomic E-state index is 13.0. The lowest BCUT2D eigenvalue weighted by Gasteiger charge is -2.07. The van der Waals surface area contributed by atoms with E-state index in [-0.39, 0.29) is 5.56 Å². The van der Waals surface area contributed by atoms with E-state index in [1.54, 1.807) is 18.2 Å². The first-order valence-electron chi connectivity index (χ1n) is 4.77. The van der Waals surface area contributed by atoms with Gasteiger partial charge < -0.3 is 0 Å². The number of benzene rings is 2. The van der Waals surface area contributed by atoms with E-state index in [1.165, 1.54) is 18.2 Å². The molecule has 0 atom stereocenters. The van der Waals surface area contributed by atoms with Gasteiger partial charge in [-0.1, -0.05) is 41.4 Å². The van der Waals surface area contributed by atoms with E-state index in [9.17, 15) is 4.39 Å². The Bertz CT molecular complexity index is 617. The zero-order valence-corrected chi connectivity index (χ0v) is 10.1. The Kier molecular flexibility index (Phi) is 3.33. The topological polar surface area (TPSA) is 23.8 Å². The Balaban J connectivity index is 2.69. The standard InChI is InChI=1S/C13H6Cl2FN/c14-12-3-1-2-11(13(12)15)10-5-4-9(16)6-8(10)7-17/h1-6H. The van der Waals surface area contributed by atoms with Crippen molar-refractivity contribution >= 4 is 23.2 Å². The lowest BCUT2D eigenvalue weighted by atomic mass is 10.0. The molecule has 0 radical (unpaired) electrons. The van der Waals surface area contributed by atoms with Crippen LogP contribution in [-0.2, 0) is 0 Å². The van der Waals surface area contributed by atoms with Crippen LogP contribution in [0.15, 0.2) is 36.4 Å². The minimum atomic E-state index is -0.455. The Labute approximate surface area is 108 Å². The number of halogens is 3. The highest BCUT2D eigenvalue weighted by Gasteiger charge is 2.11. The fourth-order valence-corrected chi connectivity index (χ4v) is 1.96. The molecule has 0 fully saturated rings. The van der Waals surface area contributed by atoms with Gasteiger partial charge in [0, 0.05) is 11.1 Å². The van der Waals surface area contributed by atoms with Crippen LogP contribution in [-0.4, -0.2) is 0 Å². The fourth-order valence-electron chi connectivity index (χ4n) is 1.56. The van der Waals surface area contributed by atoms with Gasteiger partial charge in [0.2, 0.25) is 0 Å². The van der Waals surface area contributed by atoms with Crippen molar-refractivity contribution in [1.29, 1.82) is 5.26 Å². The van der Waals surface area contributed by atoms with Crippen molar-refractivity contribution in [3.8, 4) is 17.2 Å². The molecule has 0 aliphatic rings. The fraction of sp³-hybridized carbons (Fsp3) is 0. The monoisotopic (exact) mass is 265 g/mol. The Morgan fingerprint density at radius 3 is 2.53 bits per heavy atom. The van der Waals surface area contributed by atoms with Crippen LogP contribution >= 0.6 is 23.2 Å². The molecule has 0 unspecified atom stereocenters. The third-order valence-corrected chi connectivity index (χ3v) is 3.16. The van der Waals surface area contributed by atoms with Crippen LogP contribution < -0.4 is 0 Å². The highest BCUT2D eigenvalue weighted by molar-refractivity contribution is 6.43. The van der Waals surface area contributed by atoms with Crippen LogP contribution in [0.3, 0.4) is 0 Å². The van der Waals surface area contributed by atoms with Gasteiger partial charge in [-0.05, 0) is 18.2 Å². The van der Waals surface area contributed by atoms with Crippen molar-refractivity contribution in [3.05, 3.63) is 57.8 Å². The zero-order chi connectivity index (χ0) is 12.4. The molecule has 4 heteroatoms. The van der Waals surface area contributed by atoms with E-state index >= 15 is 0 Å². The first kappa shape index (κ1) is 11.9. The molecule has 0 aromatic heterocycles. The highest BCUT2D eigenvalue weighted by Crippen LogP contribution is 2.35. The van der Waals surface area contributed by atoms with Crippen molar-refractivity contribution in [2.75, 3.05) is 0 Å². The summed E-state index contributed by atoms with van der Waals surface area (Å²) in [6.45, 7) is 0. The molecule has 0 saturated heterocycles. The molecule has 17 heavy (non-hydrogen) atoms. The molecule has 0 heterocycles. The molecule has 2 aromatic carbocycles. The second-order valence-corrected chi connectivity index (χ2v) is 4.19. The van der Waals surface area contributed by atoms with E-state index in [0.717, 1.165) is 0 Å². The maximum Gasteiger partial charge on any atom is 0.124 e. The number of nitrogens with zero attached hydrogens (tertiary/aromatic N) is 1. The lowest BCUT2D eigenvalue weighted by molar-refractivity contribution is 0.627. The molecule has 0 amide bonds. The van der Waals surface area contributed by atoms with Crippen LogP contribution in [0.4, 0.5) is 4.39 Å². The van der Waals surface area contributed by atoms with E-state index in [4.69, 9.17) is 28.5 Å². The van der Waals surface area contributed by atoms with E-state index in [0.29, 0.717) is 21.2 Å². The predicted molar refractivity (Wildman–Crippen MR) is 66.6 cm³/mol. The number of rotatable bonds is 1. The van der Waals surface area contributed by atoms with E-state index in [1.807, 2.05) is 6.07 Å². The summed E-state index contributed by atoms with van der Waals surface area (Å²) in [5, 5.41) is 9.73. The maximum absolute atomic E-state index is 13.0. The zero-order valence-electron chi connectivity index (χ0n) is 8.55. The molecular weight excluding hydrogens is 260 g/mol. The summed E-state index contributed by atoms with van der Waals surface area (Å²) < 4.78 is 13.0. The SMILES string of the molecule is N#Cc1cc(F)ccc1-c1cccc(Cl)c1Cl. The largest absolute Gasteiger partial charge is 0.207 e. The molecule has 0 N–H and O–H groups in total. The van der Waals surface area contributed by atoms with Crippen molar-refractivity contribution in [2.45, 2.75) is 0 Å². The van der Waals surface area contributed by atoms with Crippen molar-refractivity contribution in [3.63, 3.8) is 0 Å². The van der Waals surface area contributed by atoms with Gasteiger partial charge in [-0.25, -0.2) is 4.39 Å². The van der Waals surface area contributed by atoms with Gasteiger partial charge in [0.1, 0.15) is 5.82 Å². The average molecular weight is 266 g/mol.